The second kappa shape index (κ2) is 2.97. The fourth-order valence-electron chi connectivity index (χ4n) is 1.30. The average Bonchev–Trinajstić information content (AvgIpc) is 2.17. The van der Waals surface area contributed by atoms with Crippen molar-refractivity contribution in [2.24, 2.45) is 10.9 Å². The summed E-state index contributed by atoms with van der Waals surface area (Å²) in [6.07, 6.45) is 3.34. The Hall–Kier alpha value is -0.370. The quantitative estimate of drug-likeness (QED) is 0.471. The van der Waals surface area contributed by atoms with Crippen LogP contribution in [0.25, 0.3) is 0 Å². The van der Waals surface area contributed by atoms with Gasteiger partial charge >= 0.3 is 0 Å². The number of hydrogen-bond acceptors (Lipinski definition) is 2. The summed E-state index contributed by atoms with van der Waals surface area (Å²) in [5.41, 5.74) is 0. The molecule has 0 N–H and O–H groups in total. The number of hydrogen-bond donors (Lipinski definition) is 0. The third kappa shape index (κ3) is 1.79. The Morgan fingerprint density at radius 1 is 1.67 bits per heavy atom. The lowest BCUT2D eigenvalue weighted by Gasteiger charge is -2.04. The Kier molecular flexibility index (Phi) is 2.22. The molecule has 1 atom stereocenters. The summed E-state index contributed by atoms with van der Waals surface area (Å²) in [5.74, 6) is 0.722. The minimum Gasteiger partial charge on any atom is -0.306 e. The highest BCUT2D eigenvalue weighted by Crippen LogP contribution is 2.10. The third-order valence-corrected chi connectivity index (χ3v) is 1.79. The van der Waals surface area contributed by atoms with Crippen LogP contribution in [0.15, 0.2) is 4.99 Å². The van der Waals surface area contributed by atoms with Gasteiger partial charge in [-0.1, -0.05) is 0 Å². The molecule has 1 rings (SSSR count). The van der Waals surface area contributed by atoms with Gasteiger partial charge in [-0.05, 0) is 20.0 Å². The normalized spacial score (nSPS) is 30.2. The van der Waals surface area contributed by atoms with Crippen LogP contribution in [-0.4, -0.2) is 38.3 Å². The van der Waals surface area contributed by atoms with Crippen LogP contribution in [0.3, 0.4) is 0 Å². The van der Waals surface area contributed by atoms with Gasteiger partial charge in [-0.2, -0.15) is 0 Å². The highest BCUT2D eigenvalue weighted by atomic mass is 15.1. The van der Waals surface area contributed by atoms with Crippen molar-refractivity contribution >= 4 is 6.21 Å². The van der Waals surface area contributed by atoms with Gasteiger partial charge in [-0.15, -0.1) is 0 Å². The highest BCUT2D eigenvalue weighted by molar-refractivity contribution is 5.61. The van der Waals surface area contributed by atoms with Gasteiger partial charge in [0.05, 0.1) is 0 Å². The van der Waals surface area contributed by atoms with Gasteiger partial charge in [0, 0.05) is 25.7 Å². The van der Waals surface area contributed by atoms with Gasteiger partial charge in [0.2, 0.25) is 0 Å². The summed E-state index contributed by atoms with van der Waals surface area (Å²) < 4.78 is 0. The Balaban J connectivity index is 2.30. The molecule has 1 fully saturated rings. The van der Waals surface area contributed by atoms with E-state index in [1.165, 1.54) is 19.5 Å². The monoisotopic (exact) mass is 126 g/mol. The lowest BCUT2D eigenvalue weighted by atomic mass is 10.1. The molecule has 1 aliphatic heterocycles. The molecular formula is C7H14N2. The Bertz CT molecular complexity index is 109. The molecule has 0 aromatic heterocycles. The first-order valence-corrected chi connectivity index (χ1v) is 3.43. The molecule has 0 aromatic carbocycles. The van der Waals surface area contributed by atoms with Crippen LogP contribution in [0.2, 0.25) is 0 Å². The van der Waals surface area contributed by atoms with Crippen molar-refractivity contribution in [1.82, 2.24) is 4.90 Å². The van der Waals surface area contributed by atoms with E-state index in [-0.39, 0.29) is 0 Å². The molecule has 9 heavy (non-hydrogen) atoms. The van der Waals surface area contributed by atoms with E-state index in [1.807, 2.05) is 7.05 Å². The molecule has 0 saturated carbocycles. The zero-order valence-electron chi connectivity index (χ0n) is 6.17. The van der Waals surface area contributed by atoms with Gasteiger partial charge < -0.3 is 9.89 Å². The third-order valence-electron chi connectivity index (χ3n) is 1.79. The second-order valence-electron chi connectivity index (χ2n) is 2.72. The van der Waals surface area contributed by atoms with Crippen molar-refractivity contribution in [1.29, 1.82) is 0 Å². The van der Waals surface area contributed by atoms with Crippen LogP contribution >= 0.6 is 0 Å². The maximum absolute atomic E-state index is 4.00. The zero-order valence-corrected chi connectivity index (χ0v) is 6.17. The number of likely N-dealkylation sites (tertiary alicyclic amines) is 1. The van der Waals surface area contributed by atoms with Crippen LogP contribution in [0.4, 0.5) is 0 Å². The van der Waals surface area contributed by atoms with Crippen LogP contribution in [-0.2, 0) is 0 Å². The molecule has 0 amide bonds. The number of rotatable bonds is 1. The molecular weight excluding hydrogens is 112 g/mol. The van der Waals surface area contributed by atoms with Gasteiger partial charge in [0.25, 0.3) is 0 Å². The largest absolute Gasteiger partial charge is 0.306 e. The van der Waals surface area contributed by atoms with Crippen LogP contribution in [0, 0.1) is 5.92 Å². The number of aliphatic imine (C=N–C) groups is 1. The maximum atomic E-state index is 4.00. The SMILES string of the molecule is C/N=C\C1CCN(C)C1. The Morgan fingerprint density at radius 3 is 2.89 bits per heavy atom. The molecule has 1 aliphatic rings. The van der Waals surface area contributed by atoms with Crippen molar-refractivity contribution in [3.05, 3.63) is 0 Å². The molecule has 1 heterocycles. The van der Waals surface area contributed by atoms with Gasteiger partial charge in [-0.3, -0.25) is 0 Å². The molecule has 2 heteroatoms. The van der Waals surface area contributed by atoms with E-state index >= 15 is 0 Å². The summed E-state index contributed by atoms with van der Waals surface area (Å²) in [7, 11) is 4.00. The molecule has 0 spiro atoms. The fourth-order valence-corrected chi connectivity index (χ4v) is 1.30. The van der Waals surface area contributed by atoms with E-state index in [1.54, 1.807) is 0 Å². The summed E-state index contributed by atoms with van der Waals surface area (Å²) >= 11 is 0. The summed E-state index contributed by atoms with van der Waals surface area (Å²) in [5, 5.41) is 0. The lowest BCUT2D eigenvalue weighted by molar-refractivity contribution is 0.411. The van der Waals surface area contributed by atoms with Crippen LogP contribution in [0.5, 0.6) is 0 Å². The highest BCUT2D eigenvalue weighted by Gasteiger charge is 2.16. The lowest BCUT2D eigenvalue weighted by Crippen LogP contribution is -2.14. The van der Waals surface area contributed by atoms with E-state index in [0.29, 0.717) is 0 Å². The van der Waals surface area contributed by atoms with Gasteiger partial charge in [0.1, 0.15) is 0 Å². The number of nitrogens with zero attached hydrogens (tertiary/aromatic N) is 2. The molecule has 1 saturated heterocycles. The predicted octanol–water partition coefficient (Wildman–Crippen LogP) is 0.639. The van der Waals surface area contributed by atoms with Crippen molar-refractivity contribution in [3.8, 4) is 0 Å². The van der Waals surface area contributed by atoms with Gasteiger partial charge in [0.15, 0.2) is 0 Å². The first-order chi connectivity index (χ1) is 4.33. The minimum atomic E-state index is 0.722. The van der Waals surface area contributed by atoms with E-state index in [2.05, 4.69) is 23.2 Å². The van der Waals surface area contributed by atoms with E-state index in [0.717, 1.165) is 5.92 Å². The minimum absolute atomic E-state index is 0.722. The molecule has 0 radical (unpaired) electrons. The smallest absolute Gasteiger partial charge is 0.0273 e. The Morgan fingerprint density at radius 2 is 2.44 bits per heavy atom. The summed E-state index contributed by atoms with van der Waals surface area (Å²) in [6, 6.07) is 0. The molecule has 0 bridgehead atoms. The average molecular weight is 126 g/mol. The standard InChI is InChI=1S/C7H14N2/c1-8-5-7-3-4-9(2)6-7/h5,7H,3-4,6H2,1-2H3/b8-5-. The first kappa shape index (κ1) is 6.75. The topological polar surface area (TPSA) is 15.6 Å². The summed E-state index contributed by atoms with van der Waals surface area (Å²) in [4.78, 5) is 6.34. The fraction of sp³-hybridized carbons (Fsp3) is 0.857. The van der Waals surface area contributed by atoms with E-state index < -0.39 is 0 Å². The van der Waals surface area contributed by atoms with Crippen molar-refractivity contribution < 1.29 is 0 Å². The molecule has 52 valence electrons. The van der Waals surface area contributed by atoms with E-state index in [4.69, 9.17) is 0 Å². The Labute approximate surface area is 56.6 Å². The maximum Gasteiger partial charge on any atom is 0.0273 e. The molecule has 2 nitrogen and oxygen atoms in total. The van der Waals surface area contributed by atoms with Crippen LogP contribution < -0.4 is 0 Å². The van der Waals surface area contributed by atoms with Crippen molar-refractivity contribution in [2.75, 3.05) is 27.2 Å². The molecule has 0 aliphatic carbocycles. The van der Waals surface area contributed by atoms with Gasteiger partial charge in [-0.25, -0.2) is 0 Å². The zero-order chi connectivity index (χ0) is 6.69. The molecule has 0 aromatic rings. The van der Waals surface area contributed by atoms with E-state index in [9.17, 15) is 0 Å². The van der Waals surface area contributed by atoms with Crippen molar-refractivity contribution in [3.63, 3.8) is 0 Å². The van der Waals surface area contributed by atoms with Crippen molar-refractivity contribution in [2.45, 2.75) is 6.42 Å². The molecule has 1 unspecified atom stereocenters. The predicted molar refractivity (Wildman–Crippen MR) is 40.0 cm³/mol. The first-order valence-electron chi connectivity index (χ1n) is 3.43. The van der Waals surface area contributed by atoms with Crippen LogP contribution in [0.1, 0.15) is 6.42 Å². The summed E-state index contributed by atoms with van der Waals surface area (Å²) in [6.45, 7) is 2.42. The second-order valence-corrected chi connectivity index (χ2v) is 2.72.